The van der Waals surface area contributed by atoms with Crippen LogP contribution in [0.2, 0.25) is 0 Å². The van der Waals surface area contributed by atoms with E-state index in [1.807, 2.05) is 0 Å². The van der Waals surface area contributed by atoms with Crippen LogP contribution in [0, 0.1) is 6.92 Å². The molecule has 0 saturated heterocycles. The average molecular weight is 265 g/mol. The summed E-state index contributed by atoms with van der Waals surface area (Å²) in [5.74, 6) is 1.48. The predicted octanol–water partition coefficient (Wildman–Crippen LogP) is 3.92. The van der Waals surface area contributed by atoms with Crippen molar-refractivity contribution in [1.29, 1.82) is 0 Å². The van der Waals surface area contributed by atoms with E-state index in [0.717, 1.165) is 18.8 Å². The lowest BCUT2D eigenvalue weighted by atomic mass is 9.80. The Labute approximate surface area is 118 Å². The molecule has 1 rings (SSSR count). The summed E-state index contributed by atoms with van der Waals surface area (Å²) in [7, 11) is 0. The number of hydrogen-bond acceptors (Lipinski definition) is 2. The third-order valence-electron chi connectivity index (χ3n) is 3.51. The molecule has 0 fully saturated rings. The molecule has 0 atom stereocenters. The van der Waals surface area contributed by atoms with Gasteiger partial charge in [-0.05, 0) is 29.5 Å². The van der Waals surface area contributed by atoms with Gasteiger partial charge in [0, 0.05) is 24.3 Å². The van der Waals surface area contributed by atoms with Crippen LogP contribution in [0.25, 0.3) is 0 Å². The molecule has 0 aromatic heterocycles. The van der Waals surface area contributed by atoms with Crippen molar-refractivity contribution in [1.82, 2.24) is 5.32 Å². The molecule has 2 heteroatoms. The molecule has 0 unspecified atom stereocenters. The van der Waals surface area contributed by atoms with Crippen LogP contribution in [0.4, 0.5) is 0 Å². The Morgan fingerprint density at radius 3 is 2.50 bits per heavy atom. The lowest BCUT2D eigenvalue weighted by Gasteiger charge is -2.28. The van der Waals surface area contributed by atoms with Crippen LogP contribution >= 0.6 is 12.6 Å². The quantitative estimate of drug-likeness (QED) is 0.587. The highest BCUT2D eigenvalue weighted by atomic mass is 32.1. The van der Waals surface area contributed by atoms with Gasteiger partial charge in [0.25, 0.3) is 0 Å². The average Bonchev–Trinajstić information content (AvgIpc) is 2.29. The van der Waals surface area contributed by atoms with Crippen molar-refractivity contribution in [3.8, 4) is 0 Å². The van der Waals surface area contributed by atoms with Crippen LogP contribution in [0.5, 0.6) is 0 Å². The van der Waals surface area contributed by atoms with Crippen LogP contribution in [0.1, 0.15) is 50.3 Å². The van der Waals surface area contributed by atoms with Crippen molar-refractivity contribution in [3.05, 3.63) is 34.9 Å². The van der Waals surface area contributed by atoms with Gasteiger partial charge in [0.1, 0.15) is 0 Å². The van der Waals surface area contributed by atoms with Gasteiger partial charge in [-0.1, -0.05) is 45.9 Å². The minimum Gasteiger partial charge on any atom is -0.315 e. The smallest absolute Gasteiger partial charge is 0.00436 e. The number of nitrogens with one attached hydrogen (secondary N) is 1. The fraction of sp³-hybridized carbons (Fsp3) is 0.625. The van der Waals surface area contributed by atoms with Crippen LogP contribution in [-0.2, 0) is 5.41 Å². The van der Waals surface area contributed by atoms with E-state index >= 15 is 0 Å². The maximum atomic E-state index is 4.24. The van der Waals surface area contributed by atoms with E-state index in [1.54, 1.807) is 0 Å². The molecular formula is C16H27NS. The standard InChI is InChI=1S/C16H27NS/c1-12(2)14-7-6-13(3)15(10-14)16(4,5)11-17-8-9-18/h6-7,10,12,17-18H,8-9,11H2,1-5H3. The van der Waals surface area contributed by atoms with E-state index in [0.29, 0.717) is 5.92 Å². The molecule has 0 aliphatic heterocycles. The summed E-state index contributed by atoms with van der Waals surface area (Å²) < 4.78 is 0. The van der Waals surface area contributed by atoms with Gasteiger partial charge in [0.2, 0.25) is 0 Å². The van der Waals surface area contributed by atoms with Crippen molar-refractivity contribution >= 4 is 12.6 Å². The summed E-state index contributed by atoms with van der Waals surface area (Å²) in [5.41, 5.74) is 4.44. The normalized spacial score (nSPS) is 12.2. The Balaban J connectivity index is 2.95. The predicted molar refractivity (Wildman–Crippen MR) is 85.0 cm³/mol. The van der Waals surface area contributed by atoms with Crippen molar-refractivity contribution in [2.75, 3.05) is 18.8 Å². The molecule has 1 N–H and O–H groups in total. The molecule has 0 aliphatic rings. The third kappa shape index (κ3) is 4.03. The van der Waals surface area contributed by atoms with Crippen LogP contribution in [0.3, 0.4) is 0 Å². The number of thiol groups is 1. The maximum absolute atomic E-state index is 4.24. The second-order valence-electron chi connectivity index (χ2n) is 6.01. The van der Waals surface area contributed by atoms with Gasteiger partial charge in [-0.3, -0.25) is 0 Å². The zero-order valence-electron chi connectivity index (χ0n) is 12.4. The monoisotopic (exact) mass is 265 g/mol. The second-order valence-corrected chi connectivity index (χ2v) is 6.46. The van der Waals surface area contributed by atoms with Gasteiger partial charge in [-0.15, -0.1) is 0 Å². The third-order valence-corrected chi connectivity index (χ3v) is 3.74. The number of hydrogen-bond donors (Lipinski definition) is 2. The van der Waals surface area contributed by atoms with Crippen LogP contribution < -0.4 is 5.32 Å². The van der Waals surface area contributed by atoms with Gasteiger partial charge < -0.3 is 5.32 Å². The Morgan fingerprint density at radius 2 is 1.94 bits per heavy atom. The molecule has 102 valence electrons. The molecule has 0 radical (unpaired) electrons. The van der Waals surface area contributed by atoms with Gasteiger partial charge in [0.05, 0.1) is 0 Å². The van der Waals surface area contributed by atoms with Crippen molar-refractivity contribution in [2.24, 2.45) is 0 Å². The SMILES string of the molecule is Cc1ccc(C(C)C)cc1C(C)(C)CNCCS. The summed E-state index contributed by atoms with van der Waals surface area (Å²) in [6.45, 7) is 13.3. The van der Waals surface area contributed by atoms with E-state index in [4.69, 9.17) is 0 Å². The molecule has 18 heavy (non-hydrogen) atoms. The molecule has 0 spiro atoms. The summed E-state index contributed by atoms with van der Waals surface area (Å²) in [4.78, 5) is 0. The Bertz CT molecular complexity index is 383. The Kier molecular flexibility index (Phi) is 5.74. The zero-order valence-corrected chi connectivity index (χ0v) is 13.3. The van der Waals surface area contributed by atoms with Crippen LogP contribution in [-0.4, -0.2) is 18.8 Å². The maximum Gasteiger partial charge on any atom is 0.00436 e. The highest BCUT2D eigenvalue weighted by Gasteiger charge is 2.22. The molecule has 0 aliphatic carbocycles. The molecule has 0 amide bonds. The van der Waals surface area contributed by atoms with Crippen LogP contribution in [0.15, 0.2) is 18.2 Å². The van der Waals surface area contributed by atoms with E-state index < -0.39 is 0 Å². The second kappa shape index (κ2) is 6.63. The minimum atomic E-state index is 0.165. The molecule has 1 nitrogen and oxygen atoms in total. The van der Waals surface area contributed by atoms with Crippen molar-refractivity contribution < 1.29 is 0 Å². The fourth-order valence-electron chi connectivity index (χ4n) is 2.30. The number of aryl methyl sites for hydroxylation is 1. The van der Waals surface area contributed by atoms with Gasteiger partial charge in [0.15, 0.2) is 0 Å². The summed E-state index contributed by atoms with van der Waals surface area (Å²) >= 11 is 4.24. The lowest BCUT2D eigenvalue weighted by molar-refractivity contribution is 0.476. The van der Waals surface area contributed by atoms with E-state index in [2.05, 4.69) is 70.8 Å². The first-order valence-electron chi connectivity index (χ1n) is 6.81. The molecular weight excluding hydrogens is 238 g/mol. The van der Waals surface area contributed by atoms with E-state index in [-0.39, 0.29) is 5.41 Å². The molecule has 0 saturated carbocycles. The number of rotatable bonds is 6. The molecule has 1 aromatic carbocycles. The zero-order chi connectivity index (χ0) is 13.8. The van der Waals surface area contributed by atoms with Gasteiger partial charge >= 0.3 is 0 Å². The Morgan fingerprint density at radius 1 is 1.28 bits per heavy atom. The number of benzene rings is 1. The van der Waals surface area contributed by atoms with Crippen molar-refractivity contribution in [3.63, 3.8) is 0 Å². The first-order chi connectivity index (χ1) is 8.38. The van der Waals surface area contributed by atoms with E-state index in [1.165, 1.54) is 16.7 Å². The van der Waals surface area contributed by atoms with E-state index in [9.17, 15) is 0 Å². The highest BCUT2D eigenvalue weighted by molar-refractivity contribution is 7.80. The molecule has 1 aromatic rings. The largest absolute Gasteiger partial charge is 0.315 e. The molecule has 0 bridgehead atoms. The Hall–Kier alpha value is -0.470. The lowest BCUT2D eigenvalue weighted by Crippen LogP contribution is -2.34. The topological polar surface area (TPSA) is 12.0 Å². The fourth-order valence-corrected chi connectivity index (χ4v) is 2.46. The van der Waals surface area contributed by atoms with Gasteiger partial charge in [-0.25, -0.2) is 0 Å². The first kappa shape index (κ1) is 15.6. The molecule has 0 heterocycles. The first-order valence-corrected chi connectivity index (χ1v) is 7.44. The summed E-state index contributed by atoms with van der Waals surface area (Å²) in [6.07, 6.45) is 0. The van der Waals surface area contributed by atoms with Crippen molar-refractivity contribution in [2.45, 2.75) is 46.0 Å². The summed E-state index contributed by atoms with van der Waals surface area (Å²) in [6, 6.07) is 6.88. The van der Waals surface area contributed by atoms with Gasteiger partial charge in [-0.2, -0.15) is 12.6 Å². The highest BCUT2D eigenvalue weighted by Crippen LogP contribution is 2.28. The summed E-state index contributed by atoms with van der Waals surface area (Å²) in [5, 5.41) is 3.47. The minimum absolute atomic E-state index is 0.165.